The zero-order chi connectivity index (χ0) is 17.3. The van der Waals surface area contributed by atoms with Crippen molar-refractivity contribution in [3.8, 4) is 0 Å². The van der Waals surface area contributed by atoms with Gasteiger partial charge in [-0.25, -0.2) is 4.98 Å². The van der Waals surface area contributed by atoms with Crippen molar-refractivity contribution < 1.29 is 4.79 Å². The van der Waals surface area contributed by atoms with E-state index in [1.807, 2.05) is 25.2 Å². The molecule has 5 heteroatoms. The number of aromatic nitrogens is 1. The lowest BCUT2D eigenvalue weighted by atomic mass is 9.78. The summed E-state index contributed by atoms with van der Waals surface area (Å²) in [5.74, 6) is 1.36. The van der Waals surface area contributed by atoms with Crippen LogP contribution in [0.1, 0.15) is 38.7 Å². The number of carbonyl (C=O) groups is 1. The molecule has 0 unspecified atom stereocenters. The molecular weight excluding hydrogens is 300 g/mol. The van der Waals surface area contributed by atoms with Gasteiger partial charge in [0.25, 0.3) is 0 Å². The third kappa shape index (κ3) is 3.27. The molecule has 0 aliphatic carbocycles. The summed E-state index contributed by atoms with van der Waals surface area (Å²) in [6.07, 6.45) is 5.14. The normalized spacial score (nSPS) is 25.0. The van der Waals surface area contributed by atoms with E-state index < -0.39 is 0 Å². The molecule has 1 amide bonds. The highest BCUT2D eigenvalue weighted by Crippen LogP contribution is 2.41. The molecule has 1 aromatic rings. The van der Waals surface area contributed by atoms with Crippen LogP contribution in [0.5, 0.6) is 0 Å². The molecule has 2 aliphatic rings. The molecule has 0 N–H and O–H groups in total. The van der Waals surface area contributed by atoms with Crippen molar-refractivity contribution in [2.75, 3.05) is 38.6 Å². The number of piperidine rings is 1. The van der Waals surface area contributed by atoms with Gasteiger partial charge in [0.05, 0.1) is 5.41 Å². The van der Waals surface area contributed by atoms with Crippen LogP contribution in [0.15, 0.2) is 18.3 Å². The molecule has 0 radical (unpaired) electrons. The van der Waals surface area contributed by atoms with E-state index in [1.165, 1.54) is 5.56 Å². The third-order valence-electron chi connectivity index (χ3n) is 5.50. The maximum absolute atomic E-state index is 13.0. The quantitative estimate of drug-likeness (QED) is 0.850. The predicted molar refractivity (Wildman–Crippen MR) is 97.0 cm³/mol. The first-order chi connectivity index (χ1) is 11.4. The van der Waals surface area contributed by atoms with Gasteiger partial charge in [-0.3, -0.25) is 9.69 Å². The summed E-state index contributed by atoms with van der Waals surface area (Å²) in [7, 11) is 4.00. The van der Waals surface area contributed by atoms with Gasteiger partial charge in [-0.15, -0.1) is 0 Å². The van der Waals surface area contributed by atoms with E-state index in [1.54, 1.807) is 0 Å². The van der Waals surface area contributed by atoms with Crippen molar-refractivity contribution >= 4 is 11.7 Å². The van der Waals surface area contributed by atoms with Gasteiger partial charge in [-0.05, 0) is 51.3 Å². The summed E-state index contributed by atoms with van der Waals surface area (Å²) < 4.78 is 0. The summed E-state index contributed by atoms with van der Waals surface area (Å²) in [5, 5.41) is 0. The van der Waals surface area contributed by atoms with Crippen LogP contribution in [0.2, 0.25) is 0 Å². The fourth-order valence-electron chi connectivity index (χ4n) is 4.10. The number of rotatable bonds is 4. The fourth-order valence-corrected chi connectivity index (χ4v) is 4.10. The second-order valence-corrected chi connectivity index (χ2v) is 7.86. The number of anilines is 1. The van der Waals surface area contributed by atoms with E-state index in [-0.39, 0.29) is 5.41 Å². The second kappa shape index (κ2) is 6.71. The Morgan fingerprint density at radius 3 is 2.67 bits per heavy atom. The van der Waals surface area contributed by atoms with Gasteiger partial charge < -0.3 is 9.80 Å². The predicted octanol–water partition coefficient (Wildman–Crippen LogP) is 2.37. The Balaban J connectivity index is 1.65. The van der Waals surface area contributed by atoms with Crippen LogP contribution in [0.4, 0.5) is 5.82 Å². The standard InChI is InChI=1S/C19H30N4O/c1-15(2)23-10-5-8-19(18(23)24)9-11-22(14-19)13-16-6-7-17(20-12-16)21(3)4/h6-7,12,15H,5,8-11,13-14H2,1-4H3/t19-/m0/s1. The molecule has 0 saturated carbocycles. The maximum Gasteiger partial charge on any atom is 0.230 e. The lowest BCUT2D eigenvalue weighted by Gasteiger charge is -2.41. The molecule has 1 spiro atoms. The number of hydrogen-bond acceptors (Lipinski definition) is 4. The van der Waals surface area contributed by atoms with E-state index in [9.17, 15) is 4.79 Å². The highest BCUT2D eigenvalue weighted by molar-refractivity contribution is 5.84. The molecule has 3 heterocycles. The molecule has 5 nitrogen and oxygen atoms in total. The number of pyridine rings is 1. The first-order valence-corrected chi connectivity index (χ1v) is 9.07. The van der Waals surface area contributed by atoms with Crippen LogP contribution in [0, 0.1) is 5.41 Å². The van der Waals surface area contributed by atoms with Gasteiger partial charge in [0.1, 0.15) is 5.82 Å². The van der Waals surface area contributed by atoms with E-state index in [4.69, 9.17) is 0 Å². The molecule has 0 bridgehead atoms. The summed E-state index contributed by atoms with van der Waals surface area (Å²) in [5.41, 5.74) is 1.08. The molecular formula is C19H30N4O. The Labute approximate surface area is 145 Å². The zero-order valence-electron chi connectivity index (χ0n) is 15.5. The summed E-state index contributed by atoms with van der Waals surface area (Å²) in [6, 6.07) is 4.52. The van der Waals surface area contributed by atoms with E-state index in [2.05, 4.69) is 40.8 Å². The van der Waals surface area contributed by atoms with Gasteiger partial charge in [0.2, 0.25) is 5.91 Å². The number of carbonyl (C=O) groups excluding carboxylic acids is 1. The third-order valence-corrected chi connectivity index (χ3v) is 5.50. The Bertz CT molecular complexity index is 584. The maximum atomic E-state index is 13.0. The topological polar surface area (TPSA) is 39.7 Å². The van der Waals surface area contributed by atoms with Crippen molar-refractivity contribution in [1.29, 1.82) is 0 Å². The van der Waals surface area contributed by atoms with Crippen LogP contribution in [0.25, 0.3) is 0 Å². The number of likely N-dealkylation sites (tertiary alicyclic amines) is 2. The molecule has 2 saturated heterocycles. The first-order valence-electron chi connectivity index (χ1n) is 9.07. The Hall–Kier alpha value is -1.62. The van der Waals surface area contributed by atoms with Gasteiger partial charge in [0.15, 0.2) is 0 Å². The average Bonchev–Trinajstić information content (AvgIpc) is 2.94. The largest absolute Gasteiger partial charge is 0.363 e. The number of amides is 1. The Morgan fingerprint density at radius 2 is 2.04 bits per heavy atom. The minimum Gasteiger partial charge on any atom is -0.363 e. The molecule has 2 aliphatic heterocycles. The molecule has 0 aromatic carbocycles. The summed E-state index contributed by atoms with van der Waals surface area (Å²) >= 11 is 0. The molecule has 24 heavy (non-hydrogen) atoms. The lowest BCUT2D eigenvalue weighted by molar-refractivity contribution is -0.147. The number of hydrogen-bond donors (Lipinski definition) is 0. The SMILES string of the molecule is CC(C)N1CCC[C@@]2(CCN(Cc3ccc(N(C)C)nc3)C2)C1=O. The molecule has 2 fully saturated rings. The van der Waals surface area contributed by atoms with E-state index >= 15 is 0 Å². The highest BCUT2D eigenvalue weighted by Gasteiger charge is 2.48. The van der Waals surface area contributed by atoms with Crippen LogP contribution in [0.3, 0.4) is 0 Å². The minimum atomic E-state index is -0.139. The average molecular weight is 330 g/mol. The van der Waals surface area contributed by atoms with Gasteiger partial charge in [-0.2, -0.15) is 0 Å². The Kier molecular flexibility index (Phi) is 4.81. The van der Waals surface area contributed by atoms with Crippen molar-refractivity contribution in [2.24, 2.45) is 5.41 Å². The smallest absolute Gasteiger partial charge is 0.230 e. The van der Waals surface area contributed by atoms with Crippen molar-refractivity contribution in [2.45, 2.75) is 45.7 Å². The molecule has 3 rings (SSSR count). The summed E-state index contributed by atoms with van der Waals surface area (Å²) in [4.78, 5) is 24.0. The van der Waals surface area contributed by atoms with E-state index in [0.717, 1.165) is 51.3 Å². The molecule has 1 atom stereocenters. The first kappa shape index (κ1) is 17.2. The van der Waals surface area contributed by atoms with Crippen molar-refractivity contribution in [1.82, 2.24) is 14.8 Å². The summed E-state index contributed by atoms with van der Waals surface area (Å²) in [6.45, 7) is 7.96. The second-order valence-electron chi connectivity index (χ2n) is 7.86. The van der Waals surface area contributed by atoms with Crippen LogP contribution >= 0.6 is 0 Å². The van der Waals surface area contributed by atoms with Crippen LogP contribution < -0.4 is 4.90 Å². The van der Waals surface area contributed by atoms with Crippen LogP contribution in [-0.4, -0.2) is 60.5 Å². The molecule has 1 aromatic heterocycles. The number of nitrogens with zero attached hydrogens (tertiary/aromatic N) is 4. The van der Waals surface area contributed by atoms with Crippen molar-refractivity contribution in [3.63, 3.8) is 0 Å². The Morgan fingerprint density at radius 1 is 1.25 bits per heavy atom. The highest BCUT2D eigenvalue weighted by atomic mass is 16.2. The zero-order valence-corrected chi connectivity index (χ0v) is 15.5. The van der Waals surface area contributed by atoms with Gasteiger partial charge in [-0.1, -0.05) is 6.07 Å². The monoisotopic (exact) mass is 330 g/mol. The van der Waals surface area contributed by atoms with E-state index in [0.29, 0.717) is 11.9 Å². The molecule has 132 valence electrons. The lowest BCUT2D eigenvalue weighted by Crippen LogP contribution is -2.52. The van der Waals surface area contributed by atoms with Crippen LogP contribution in [-0.2, 0) is 11.3 Å². The fraction of sp³-hybridized carbons (Fsp3) is 0.684. The van der Waals surface area contributed by atoms with Gasteiger partial charge in [0, 0.05) is 46.0 Å². The minimum absolute atomic E-state index is 0.139. The van der Waals surface area contributed by atoms with Gasteiger partial charge >= 0.3 is 0 Å². The van der Waals surface area contributed by atoms with Crippen molar-refractivity contribution in [3.05, 3.63) is 23.9 Å².